The molecule has 1 aromatic carbocycles. The molecule has 1 aliphatic carbocycles. The summed E-state index contributed by atoms with van der Waals surface area (Å²) >= 11 is 0. The van der Waals surface area contributed by atoms with E-state index < -0.39 is 22.0 Å². The zero-order valence-corrected chi connectivity index (χ0v) is 15.8. The molecule has 1 unspecified atom stereocenters. The summed E-state index contributed by atoms with van der Waals surface area (Å²) in [5.74, 6) is -0.927. The molecule has 26 heavy (non-hydrogen) atoms. The van der Waals surface area contributed by atoms with Crippen molar-refractivity contribution in [3.8, 4) is 0 Å². The van der Waals surface area contributed by atoms with Gasteiger partial charge in [-0.25, -0.2) is 8.42 Å². The number of fused-ring (bicyclic) bond motifs is 1. The molecule has 142 valence electrons. The van der Waals surface area contributed by atoms with E-state index in [1.807, 2.05) is 13.8 Å². The Kier molecular flexibility index (Phi) is 5.07. The number of anilines is 1. The van der Waals surface area contributed by atoms with Gasteiger partial charge in [-0.1, -0.05) is 13.8 Å². The number of hydrogen-bond donors (Lipinski definition) is 2. The second-order valence-corrected chi connectivity index (χ2v) is 9.16. The van der Waals surface area contributed by atoms with Gasteiger partial charge in [0.25, 0.3) is 0 Å². The maximum absolute atomic E-state index is 12.6. The summed E-state index contributed by atoms with van der Waals surface area (Å²) in [6.45, 7) is 4.24. The molecule has 2 aliphatic rings. The van der Waals surface area contributed by atoms with Crippen LogP contribution in [0, 0.1) is 11.8 Å². The van der Waals surface area contributed by atoms with Gasteiger partial charge in [0, 0.05) is 18.2 Å². The normalized spacial score (nSPS) is 18.0. The fourth-order valence-corrected chi connectivity index (χ4v) is 4.50. The number of nitrogens with zero attached hydrogens (tertiary/aromatic N) is 1. The molecular weight excluding hydrogens is 356 g/mol. The Morgan fingerprint density at radius 1 is 1.31 bits per heavy atom. The minimum Gasteiger partial charge on any atom is -0.480 e. The van der Waals surface area contributed by atoms with Gasteiger partial charge in [-0.2, -0.15) is 4.72 Å². The average Bonchev–Trinajstić information content (AvgIpc) is 3.32. The van der Waals surface area contributed by atoms with Crippen molar-refractivity contribution in [3.63, 3.8) is 0 Å². The number of hydrogen-bond acceptors (Lipinski definition) is 4. The predicted octanol–water partition coefficient (Wildman–Crippen LogP) is 1.76. The van der Waals surface area contributed by atoms with Crippen LogP contribution >= 0.6 is 0 Å². The van der Waals surface area contributed by atoms with E-state index >= 15 is 0 Å². The van der Waals surface area contributed by atoms with E-state index in [0.717, 1.165) is 24.1 Å². The van der Waals surface area contributed by atoms with E-state index in [9.17, 15) is 23.1 Å². The van der Waals surface area contributed by atoms with Gasteiger partial charge in [0.05, 0.1) is 4.90 Å². The summed E-state index contributed by atoms with van der Waals surface area (Å²) in [5.41, 5.74) is 1.57. The summed E-state index contributed by atoms with van der Waals surface area (Å²) in [6, 6.07) is 3.47. The molecule has 1 heterocycles. The van der Waals surface area contributed by atoms with Crippen molar-refractivity contribution in [2.24, 2.45) is 11.8 Å². The van der Waals surface area contributed by atoms with Crippen LogP contribution in [0.2, 0.25) is 0 Å². The van der Waals surface area contributed by atoms with Gasteiger partial charge in [0.15, 0.2) is 0 Å². The topological polar surface area (TPSA) is 104 Å². The Morgan fingerprint density at radius 3 is 2.58 bits per heavy atom. The largest absolute Gasteiger partial charge is 0.480 e. The molecule has 2 N–H and O–H groups in total. The van der Waals surface area contributed by atoms with Crippen LogP contribution in [0.5, 0.6) is 0 Å². The number of nitrogens with one attached hydrogen (secondary N) is 1. The highest BCUT2D eigenvalue weighted by Gasteiger charge is 2.37. The first-order valence-electron chi connectivity index (χ1n) is 8.88. The van der Waals surface area contributed by atoms with Crippen LogP contribution in [0.25, 0.3) is 0 Å². The third kappa shape index (κ3) is 3.91. The van der Waals surface area contributed by atoms with Crippen LogP contribution in [0.1, 0.15) is 38.7 Å². The molecular formula is C18H24N2O5S. The van der Waals surface area contributed by atoms with Crippen molar-refractivity contribution in [2.75, 3.05) is 11.4 Å². The molecule has 0 saturated heterocycles. The van der Waals surface area contributed by atoms with Crippen LogP contribution in [-0.2, 0) is 26.0 Å². The van der Waals surface area contributed by atoms with Crippen molar-refractivity contribution in [2.45, 2.75) is 50.5 Å². The minimum absolute atomic E-state index is 0.0342. The maximum Gasteiger partial charge on any atom is 0.321 e. The van der Waals surface area contributed by atoms with Crippen LogP contribution < -0.4 is 9.62 Å². The van der Waals surface area contributed by atoms with Crippen LogP contribution in [0.4, 0.5) is 5.69 Å². The number of benzene rings is 1. The molecule has 1 saturated carbocycles. The van der Waals surface area contributed by atoms with E-state index in [2.05, 4.69) is 4.72 Å². The average molecular weight is 380 g/mol. The molecule has 8 heteroatoms. The molecule has 1 aromatic rings. The van der Waals surface area contributed by atoms with Gasteiger partial charge in [-0.05, 0) is 55.4 Å². The van der Waals surface area contributed by atoms with Crippen molar-refractivity contribution in [3.05, 3.63) is 23.8 Å². The summed E-state index contributed by atoms with van der Waals surface area (Å²) in [7, 11) is -3.95. The zero-order chi connectivity index (χ0) is 19.1. The molecule has 0 aromatic heterocycles. The Bertz CT molecular complexity index is 830. The van der Waals surface area contributed by atoms with E-state index in [-0.39, 0.29) is 29.1 Å². The first-order chi connectivity index (χ1) is 12.2. The molecule has 1 fully saturated rings. The number of sulfonamides is 1. The highest BCUT2D eigenvalue weighted by molar-refractivity contribution is 7.89. The lowest BCUT2D eigenvalue weighted by atomic mass is 10.1. The summed E-state index contributed by atoms with van der Waals surface area (Å²) in [5, 5.41) is 9.27. The van der Waals surface area contributed by atoms with Gasteiger partial charge in [0.2, 0.25) is 15.9 Å². The number of carboxylic acid groups (broad SMARTS) is 1. The standard InChI is InChI=1S/C18H24N2O5S/c1-11(2)9-15(18(22)23)19-26(24,25)14-5-6-16-13(10-14)7-8-20(16)17(21)12-3-4-12/h5-6,10-12,15,19H,3-4,7-9H2,1-2H3,(H,22,23). The van der Waals surface area contributed by atoms with E-state index in [4.69, 9.17) is 0 Å². The molecule has 0 radical (unpaired) electrons. The first-order valence-corrected chi connectivity index (χ1v) is 10.4. The van der Waals surface area contributed by atoms with E-state index in [1.54, 1.807) is 17.0 Å². The smallest absolute Gasteiger partial charge is 0.321 e. The number of carbonyl (C=O) groups is 2. The SMILES string of the molecule is CC(C)CC(NS(=O)(=O)c1ccc2c(c1)CCN2C(=O)C1CC1)C(=O)O. The third-order valence-corrected chi connectivity index (χ3v) is 6.22. The number of rotatable bonds is 7. The van der Waals surface area contributed by atoms with Crippen molar-refractivity contribution >= 4 is 27.6 Å². The lowest BCUT2D eigenvalue weighted by molar-refractivity contribution is -0.139. The van der Waals surface area contributed by atoms with Crippen molar-refractivity contribution in [1.29, 1.82) is 0 Å². The Morgan fingerprint density at radius 2 is 2.00 bits per heavy atom. The Balaban J connectivity index is 1.81. The highest BCUT2D eigenvalue weighted by atomic mass is 32.2. The summed E-state index contributed by atoms with van der Waals surface area (Å²) in [6.07, 6.45) is 2.66. The maximum atomic E-state index is 12.6. The Labute approximate surface area is 153 Å². The fraction of sp³-hybridized carbons (Fsp3) is 0.556. The van der Waals surface area contributed by atoms with Gasteiger partial charge in [-0.15, -0.1) is 0 Å². The minimum atomic E-state index is -3.95. The third-order valence-electron chi connectivity index (χ3n) is 4.75. The summed E-state index contributed by atoms with van der Waals surface area (Å²) < 4.78 is 27.5. The Hall–Kier alpha value is -1.93. The highest BCUT2D eigenvalue weighted by Crippen LogP contribution is 2.37. The molecule has 1 amide bonds. The molecule has 7 nitrogen and oxygen atoms in total. The monoisotopic (exact) mass is 380 g/mol. The predicted molar refractivity (Wildman–Crippen MR) is 96.4 cm³/mol. The zero-order valence-electron chi connectivity index (χ0n) is 14.9. The number of carbonyl (C=O) groups excluding carboxylic acids is 1. The van der Waals surface area contributed by atoms with Crippen molar-refractivity contribution in [1.82, 2.24) is 4.72 Å². The van der Waals surface area contributed by atoms with Gasteiger partial charge in [-0.3, -0.25) is 9.59 Å². The van der Waals surface area contributed by atoms with Gasteiger partial charge >= 0.3 is 5.97 Å². The van der Waals surface area contributed by atoms with Gasteiger partial charge in [0.1, 0.15) is 6.04 Å². The second-order valence-electron chi connectivity index (χ2n) is 7.45. The van der Waals surface area contributed by atoms with E-state index in [1.165, 1.54) is 6.07 Å². The second kappa shape index (κ2) is 7.00. The molecule has 3 rings (SSSR count). The number of carboxylic acids is 1. The lowest BCUT2D eigenvalue weighted by Gasteiger charge is -2.18. The van der Waals surface area contributed by atoms with Crippen LogP contribution in [-0.4, -0.2) is 38.0 Å². The fourth-order valence-electron chi connectivity index (χ4n) is 3.25. The number of amides is 1. The lowest BCUT2D eigenvalue weighted by Crippen LogP contribution is -2.41. The van der Waals surface area contributed by atoms with E-state index in [0.29, 0.717) is 13.0 Å². The molecule has 0 spiro atoms. The van der Waals surface area contributed by atoms with Gasteiger partial charge < -0.3 is 10.0 Å². The molecule has 0 bridgehead atoms. The van der Waals surface area contributed by atoms with Crippen molar-refractivity contribution < 1.29 is 23.1 Å². The first kappa shape index (κ1) is 18.8. The molecule has 1 atom stereocenters. The van der Waals surface area contributed by atoms with Crippen LogP contribution in [0.15, 0.2) is 23.1 Å². The molecule has 1 aliphatic heterocycles. The van der Waals surface area contributed by atoms with Crippen LogP contribution in [0.3, 0.4) is 0 Å². The number of aliphatic carboxylic acids is 1. The quantitative estimate of drug-likeness (QED) is 0.750. The summed E-state index contributed by atoms with van der Waals surface area (Å²) in [4.78, 5) is 25.4.